The Hall–Kier alpha value is -4.01. The van der Waals surface area contributed by atoms with Gasteiger partial charge in [0.15, 0.2) is 0 Å². The summed E-state index contributed by atoms with van der Waals surface area (Å²) in [6.45, 7) is 5.08. The van der Waals surface area contributed by atoms with Crippen molar-refractivity contribution in [1.82, 2.24) is 10.2 Å². The lowest BCUT2D eigenvalue weighted by Crippen LogP contribution is -2.53. The first-order valence-corrected chi connectivity index (χ1v) is 12.6. The molecule has 3 heterocycles. The maximum Gasteiger partial charge on any atom is 0.259 e. The van der Waals surface area contributed by atoms with Gasteiger partial charge in [-0.2, -0.15) is 0 Å². The fourth-order valence-corrected chi connectivity index (χ4v) is 5.50. The van der Waals surface area contributed by atoms with Crippen LogP contribution in [0.2, 0.25) is 0 Å². The number of anilines is 1. The van der Waals surface area contributed by atoms with Crippen LogP contribution in [0.1, 0.15) is 55.5 Å². The van der Waals surface area contributed by atoms with Crippen molar-refractivity contribution in [2.45, 2.75) is 57.5 Å². The molecule has 0 aliphatic carbocycles. The van der Waals surface area contributed by atoms with Crippen molar-refractivity contribution < 1.29 is 19.2 Å². The van der Waals surface area contributed by atoms with E-state index in [1.807, 2.05) is 35.4 Å². The maximum atomic E-state index is 13.4. The molecule has 9 nitrogen and oxygen atoms in total. The van der Waals surface area contributed by atoms with Gasteiger partial charge in [0.2, 0.25) is 17.7 Å². The summed E-state index contributed by atoms with van der Waals surface area (Å²) < 4.78 is 0. The number of carbonyl (C=O) groups excluding carboxylic acids is 4. The van der Waals surface area contributed by atoms with E-state index in [9.17, 15) is 19.2 Å². The minimum atomic E-state index is -0.714. The number of imide groups is 1. The van der Waals surface area contributed by atoms with Crippen molar-refractivity contribution in [1.29, 1.82) is 0 Å². The molecule has 0 spiro atoms. The van der Waals surface area contributed by atoms with Crippen LogP contribution in [-0.4, -0.2) is 59.4 Å². The lowest BCUT2D eigenvalue weighted by atomic mass is 9.90. The summed E-state index contributed by atoms with van der Waals surface area (Å²) in [7, 11) is 0. The van der Waals surface area contributed by atoms with E-state index in [1.54, 1.807) is 19.2 Å². The predicted molar refractivity (Wildman–Crippen MR) is 141 cm³/mol. The highest BCUT2D eigenvalue weighted by molar-refractivity contribution is 6.27. The van der Waals surface area contributed by atoms with Crippen molar-refractivity contribution in [3.63, 3.8) is 0 Å². The van der Waals surface area contributed by atoms with Crippen molar-refractivity contribution >= 4 is 46.3 Å². The van der Waals surface area contributed by atoms with Gasteiger partial charge in [0.05, 0.1) is 11.2 Å². The molecule has 1 unspecified atom stereocenters. The van der Waals surface area contributed by atoms with E-state index in [0.717, 1.165) is 34.8 Å². The van der Waals surface area contributed by atoms with E-state index in [0.29, 0.717) is 37.2 Å². The number of piperidine rings is 2. The van der Waals surface area contributed by atoms with E-state index in [4.69, 9.17) is 10.7 Å². The van der Waals surface area contributed by atoms with Crippen molar-refractivity contribution in [3.05, 3.63) is 53.2 Å². The van der Waals surface area contributed by atoms with E-state index in [-0.39, 0.29) is 29.7 Å². The first-order valence-electron chi connectivity index (χ1n) is 12.6. The summed E-state index contributed by atoms with van der Waals surface area (Å²) >= 11 is 0. The standard InChI is InChI=1S/C28H31N5O4/c1-17(34)32-12-10-28(2,11-13-32)30-16-18(15-29)14-19-6-7-22-25-20(19)4-3-5-21(25)27(37)33(22)23-8-9-24(35)31-26(23)36/h3-7,15-16,23H,8-14,29H2,1-2H3,(H,31,35,36)/b18-15-,30-16?. The largest absolute Gasteiger partial charge is 0.404 e. The molecule has 2 saturated heterocycles. The Labute approximate surface area is 215 Å². The van der Waals surface area contributed by atoms with Gasteiger partial charge in [-0.05, 0) is 61.0 Å². The molecule has 0 bridgehead atoms. The van der Waals surface area contributed by atoms with E-state index < -0.39 is 11.9 Å². The zero-order chi connectivity index (χ0) is 26.3. The van der Waals surface area contributed by atoms with Gasteiger partial charge in [-0.15, -0.1) is 0 Å². The molecular formula is C28H31N5O4. The van der Waals surface area contributed by atoms with Crippen LogP contribution in [0.3, 0.4) is 0 Å². The van der Waals surface area contributed by atoms with Gasteiger partial charge in [0.1, 0.15) is 6.04 Å². The summed E-state index contributed by atoms with van der Waals surface area (Å²) in [6.07, 6.45) is 6.00. The number of amides is 4. The van der Waals surface area contributed by atoms with Gasteiger partial charge in [0.25, 0.3) is 5.91 Å². The second-order valence-corrected chi connectivity index (χ2v) is 10.3. The molecule has 2 fully saturated rings. The molecule has 3 aliphatic heterocycles. The number of benzene rings is 2. The minimum absolute atomic E-state index is 0.0928. The maximum absolute atomic E-state index is 13.4. The highest BCUT2D eigenvalue weighted by Gasteiger charge is 2.40. The topological polar surface area (TPSA) is 125 Å². The van der Waals surface area contributed by atoms with Gasteiger partial charge in [-0.3, -0.25) is 34.4 Å². The van der Waals surface area contributed by atoms with Crippen LogP contribution >= 0.6 is 0 Å². The molecule has 4 amide bonds. The Morgan fingerprint density at radius 1 is 1.19 bits per heavy atom. The zero-order valence-corrected chi connectivity index (χ0v) is 21.1. The first-order chi connectivity index (χ1) is 17.7. The molecule has 0 aromatic heterocycles. The van der Waals surface area contributed by atoms with Gasteiger partial charge < -0.3 is 10.6 Å². The summed E-state index contributed by atoms with van der Waals surface area (Å²) in [4.78, 5) is 57.4. The molecule has 37 heavy (non-hydrogen) atoms. The van der Waals surface area contributed by atoms with Crippen LogP contribution in [-0.2, 0) is 20.8 Å². The second-order valence-electron chi connectivity index (χ2n) is 10.3. The number of hydrogen-bond donors (Lipinski definition) is 2. The molecule has 3 aliphatic rings. The third-order valence-corrected chi connectivity index (χ3v) is 7.78. The third kappa shape index (κ3) is 4.50. The Bertz CT molecular complexity index is 1370. The van der Waals surface area contributed by atoms with Crippen LogP contribution in [0.5, 0.6) is 0 Å². The SMILES string of the molecule is CC(=O)N1CCC(C)(N=C/C(=C\N)Cc2ccc3c4c(cccc24)C(=O)N3C2CCC(=O)NC2=O)CC1. The van der Waals surface area contributed by atoms with E-state index in [1.165, 1.54) is 4.90 Å². The molecule has 5 rings (SSSR count). The normalized spacial score (nSPS) is 21.7. The lowest BCUT2D eigenvalue weighted by Gasteiger charge is -2.36. The predicted octanol–water partition coefficient (Wildman–Crippen LogP) is 2.46. The van der Waals surface area contributed by atoms with Crippen LogP contribution in [0.15, 0.2) is 47.1 Å². The average Bonchev–Trinajstić information content (AvgIpc) is 3.16. The van der Waals surface area contributed by atoms with Crippen molar-refractivity contribution in [3.8, 4) is 0 Å². The van der Waals surface area contributed by atoms with E-state index in [2.05, 4.69) is 12.2 Å². The second kappa shape index (κ2) is 9.46. The molecule has 1 atom stereocenters. The molecule has 192 valence electrons. The van der Waals surface area contributed by atoms with Crippen molar-refractivity contribution in [2.24, 2.45) is 10.7 Å². The fourth-order valence-electron chi connectivity index (χ4n) is 5.50. The smallest absolute Gasteiger partial charge is 0.259 e. The molecular weight excluding hydrogens is 470 g/mol. The van der Waals surface area contributed by atoms with Crippen LogP contribution in [0.4, 0.5) is 5.69 Å². The Balaban J connectivity index is 1.40. The van der Waals surface area contributed by atoms with E-state index >= 15 is 0 Å². The minimum Gasteiger partial charge on any atom is -0.404 e. The van der Waals surface area contributed by atoms with Crippen LogP contribution < -0.4 is 16.0 Å². The van der Waals surface area contributed by atoms with Crippen LogP contribution in [0, 0.1) is 0 Å². The highest BCUT2D eigenvalue weighted by atomic mass is 16.2. The number of nitrogens with zero attached hydrogens (tertiary/aromatic N) is 3. The Morgan fingerprint density at radius 3 is 2.62 bits per heavy atom. The molecule has 0 saturated carbocycles. The molecule has 2 aromatic rings. The Kier molecular flexibility index (Phi) is 6.31. The van der Waals surface area contributed by atoms with Gasteiger partial charge in [-0.25, -0.2) is 0 Å². The number of nitrogens with one attached hydrogen (secondary N) is 1. The summed E-state index contributed by atoms with van der Waals surface area (Å²) in [5, 5.41) is 4.09. The average molecular weight is 502 g/mol. The summed E-state index contributed by atoms with van der Waals surface area (Å²) in [5.74, 6) is -0.891. The quantitative estimate of drug-likeness (QED) is 0.481. The molecule has 3 N–H and O–H groups in total. The van der Waals surface area contributed by atoms with Gasteiger partial charge in [0, 0.05) is 50.0 Å². The molecule has 2 aromatic carbocycles. The summed E-state index contributed by atoms with van der Waals surface area (Å²) in [6, 6.07) is 8.72. The highest BCUT2D eigenvalue weighted by Crippen LogP contribution is 2.41. The molecule has 0 radical (unpaired) electrons. The van der Waals surface area contributed by atoms with Crippen LogP contribution in [0.25, 0.3) is 10.8 Å². The monoisotopic (exact) mass is 501 g/mol. The number of carbonyl (C=O) groups is 4. The number of likely N-dealkylation sites (tertiary alicyclic amines) is 1. The number of aliphatic imine (C=N–C) groups is 1. The molecule has 9 heteroatoms. The Morgan fingerprint density at radius 2 is 1.95 bits per heavy atom. The van der Waals surface area contributed by atoms with Crippen molar-refractivity contribution in [2.75, 3.05) is 18.0 Å². The third-order valence-electron chi connectivity index (χ3n) is 7.78. The number of rotatable bonds is 5. The number of hydrogen-bond acceptors (Lipinski definition) is 6. The number of allylic oxidation sites excluding steroid dienone is 1. The fraction of sp³-hybridized carbons (Fsp3) is 0.393. The van der Waals surface area contributed by atoms with Gasteiger partial charge in [-0.1, -0.05) is 18.2 Å². The number of nitrogens with two attached hydrogens (primary N) is 1. The summed E-state index contributed by atoms with van der Waals surface area (Å²) in [5.41, 5.74) is 8.82. The first kappa shape index (κ1) is 24.7. The lowest BCUT2D eigenvalue weighted by molar-refractivity contribution is -0.134. The van der Waals surface area contributed by atoms with Gasteiger partial charge >= 0.3 is 0 Å². The zero-order valence-electron chi connectivity index (χ0n) is 21.1.